The monoisotopic (exact) mass is 348 g/mol. The molecule has 1 fully saturated rings. The minimum absolute atomic E-state index is 0.224. The Kier molecular flexibility index (Phi) is 5.19. The minimum Gasteiger partial charge on any atom is -0.382 e. The summed E-state index contributed by atoms with van der Waals surface area (Å²) in [6.45, 7) is 10.3. The largest absolute Gasteiger partial charge is 0.382 e. The number of nitrogens with zero attached hydrogens (tertiary/aromatic N) is 6. The summed E-state index contributed by atoms with van der Waals surface area (Å²) in [6, 6.07) is 0.224. The van der Waals surface area contributed by atoms with Crippen LogP contribution in [0.15, 0.2) is 10.7 Å². The van der Waals surface area contributed by atoms with Crippen LogP contribution in [0.25, 0.3) is 0 Å². The lowest BCUT2D eigenvalue weighted by molar-refractivity contribution is -0.0436. The molecular weight excluding hydrogens is 320 g/mol. The molecule has 8 nitrogen and oxygen atoms in total. The van der Waals surface area contributed by atoms with Crippen LogP contribution in [0.1, 0.15) is 64.0 Å². The smallest absolute Gasteiger partial charge is 0.240 e. The van der Waals surface area contributed by atoms with Crippen molar-refractivity contribution >= 4 is 0 Å². The zero-order valence-corrected chi connectivity index (χ0v) is 15.5. The molecule has 1 aliphatic heterocycles. The Labute approximate surface area is 148 Å². The molecule has 138 valence electrons. The van der Waals surface area contributed by atoms with Gasteiger partial charge in [0.2, 0.25) is 5.89 Å². The highest BCUT2D eigenvalue weighted by Crippen LogP contribution is 2.31. The number of likely N-dealkylation sites (tertiary alicyclic amines) is 1. The molecule has 0 saturated carbocycles. The molecule has 1 N–H and O–H groups in total. The van der Waals surface area contributed by atoms with Crippen LogP contribution in [0.4, 0.5) is 0 Å². The van der Waals surface area contributed by atoms with Gasteiger partial charge in [-0.2, -0.15) is 4.98 Å². The SMILES string of the molecule is CC(C)Cc1noc(CN2CCC[C@@](O)(c3cn(C(C)C)nn3)C2)n1. The Bertz CT molecular complexity index is 695. The molecule has 8 heteroatoms. The number of hydrogen-bond acceptors (Lipinski definition) is 7. The van der Waals surface area contributed by atoms with Gasteiger partial charge in [-0.1, -0.05) is 24.2 Å². The van der Waals surface area contributed by atoms with Crippen molar-refractivity contribution in [3.05, 3.63) is 23.6 Å². The third-order valence-electron chi connectivity index (χ3n) is 4.53. The molecule has 0 aliphatic carbocycles. The van der Waals surface area contributed by atoms with Crippen molar-refractivity contribution < 1.29 is 9.63 Å². The average Bonchev–Trinajstić information content (AvgIpc) is 3.16. The number of β-amino-alcohol motifs (C(OH)–C–C–N with tert-alkyl or cyclic N) is 1. The summed E-state index contributed by atoms with van der Waals surface area (Å²) in [5, 5.41) is 23.4. The Balaban J connectivity index is 1.66. The van der Waals surface area contributed by atoms with Gasteiger partial charge in [-0.3, -0.25) is 4.90 Å². The molecule has 2 aromatic heterocycles. The maximum absolute atomic E-state index is 11.1. The van der Waals surface area contributed by atoms with E-state index in [0.717, 1.165) is 25.2 Å². The second-order valence-electron chi connectivity index (χ2n) is 7.73. The topological polar surface area (TPSA) is 93.1 Å². The quantitative estimate of drug-likeness (QED) is 0.852. The van der Waals surface area contributed by atoms with Crippen LogP contribution >= 0.6 is 0 Å². The summed E-state index contributed by atoms with van der Waals surface area (Å²) < 4.78 is 7.14. The molecular formula is C17H28N6O2. The second kappa shape index (κ2) is 7.21. The standard InChI is InChI=1S/C17H28N6O2/c1-12(2)8-15-18-16(25-20-15)10-22-7-5-6-17(24,11-22)14-9-23(13(3)4)21-19-14/h9,12-13,24H,5-8,10-11H2,1-4H3/t17-/m0/s1. The zero-order valence-electron chi connectivity index (χ0n) is 15.5. The molecule has 0 bridgehead atoms. The molecule has 3 rings (SSSR count). The predicted octanol–water partition coefficient (Wildman–Crippen LogP) is 1.92. The van der Waals surface area contributed by atoms with Gasteiger partial charge in [-0.05, 0) is 39.2 Å². The fourth-order valence-electron chi connectivity index (χ4n) is 3.20. The first-order chi connectivity index (χ1) is 11.9. The number of piperidine rings is 1. The van der Waals surface area contributed by atoms with E-state index in [0.29, 0.717) is 37.0 Å². The van der Waals surface area contributed by atoms with E-state index in [1.165, 1.54) is 0 Å². The van der Waals surface area contributed by atoms with Crippen molar-refractivity contribution in [3.8, 4) is 0 Å². The summed E-state index contributed by atoms with van der Waals surface area (Å²) >= 11 is 0. The molecule has 1 aliphatic rings. The van der Waals surface area contributed by atoms with Crippen LogP contribution in [0, 0.1) is 5.92 Å². The average molecular weight is 348 g/mol. The van der Waals surface area contributed by atoms with E-state index >= 15 is 0 Å². The molecule has 2 aromatic rings. The Hall–Kier alpha value is -1.80. The lowest BCUT2D eigenvalue weighted by atomic mass is 9.90. The number of aromatic nitrogens is 5. The summed E-state index contributed by atoms with van der Waals surface area (Å²) in [5.41, 5.74) is -0.344. The van der Waals surface area contributed by atoms with Gasteiger partial charge in [0.05, 0.1) is 12.7 Å². The lowest BCUT2D eigenvalue weighted by Gasteiger charge is -2.37. The summed E-state index contributed by atoms with van der Waals surface area (Å²) in [7, 11) is 0. The molecule has 3 heterocycles. The van der Waals surface area contributed by atoms with Gasteiger partial charge < -0.3 is 9.63 Å². The number of rotatable bonds is 6. The van der Waals surface area contributed by atoms with Crippen LogP contribution < -0.4 is 0 Å². The van der Waals surface area contributed by atoms with Crippen LogP contribution in [-0.2, 0) is 18.6 Å². The molecule has 0 unspecified atom stereocenters. The van der Waals surface area contributed by atoms with E-state index in [-0.39, 0.29) is 6.04 Å². The van der Waals surface area contributed by atoms with Crippen LogP contribution in [0.3, 0.4) is 0 Å². The Morgan fingerprint density at radius 1 is 1.32 bits per heavy atom. The zero-order chi connectivity index (χ0) is 18.0. The first-order valence-corrected chi connectivity index (χ1v) is 9.04. The highest BCUT2D eigenvalue weighted by atomic mass is 16.5. The van der Waals surface area contributed by atoms with E-state index in [9.17, 15) is 5.11 Å². The number of hydrogen-bond donors (Lipinski definition) is 1. The molecule has 0 spiro atoms. The Morgan fingerprint density at radius 3 is 2.80 bits per heavy atom. The molecule has 0 radical (unpaired) electrons. The van der Waals surface area contributed by atoms with Crippen molar-refractivity contribution in [3.63, 3.8) is 0 Å². The van der Waals surface area contributed by atoms with E-state index in [4.69, 9.17) is 4.52 Å². The third kappa shape index (κ3) is 4.24. The van der Waals surface area contributed by atoms with Crippen LogP contribution in [0.5, 0.6) is 0 Å². The molecule has 25 heavy (non-hydrogen) atoms. The van der Waals surface area contributed by atoms with Gasteiger partial charge in [0.25, 0.3) is 0 Å². The van der Waals surface area contributed by atoms with Gasteiger partial charge in [0.1, 0.15) is 11.3 Å². The normalized spacial score (nSPS) is 22.2. The van der Waals surface area contributed by atoms with Crippen molar-refractivity contribution in [2.24, 2.45) is 5.92 Å². The maximum Gasteiger partial charge on any atom is 0.240 e. The van der Waals surface area contributed by atoms with Gasteiger partial charge in [0, 0.05) is 19.0 Å². The molecule has 0 aromatic carbocycles. The van der Waals surface area contributed by atoms with Crippen molar-refractivity contribution in [2.75, 3.05) is 13.1 Å². The molecule has 1 saturated heterocycles. The summed E-state index contributed by atoms with van der Waals surface area (Å²) in [5.74, 6) is 1.84. The van der Waals surface area contributed by atoms with Crippen molar-refractivity contribution in [1.82, 2.24) is 30.0 Å². The minimum atomic E-state index is -0.980. The van der Waals surface area contributed by atoms with E-state index < -0.39 is 5.60 Å². The lowest BCUT2D eigenvalue weighted by Crippen LogP contribution is -2.46. The van der Waals surface area contributed by atoms with E-state index in [1.54, 1.807) is 4.68 Å². The van der Waals surface area contributed by atoms with Crippen LogP contribution in [-0.4, -0.2) is 48.2 Å². The van der Waals surface area contributed by atoms with E-state index in [2.05, 4.69) is 39.2 Å². The van der Waals surface area contributed by atoms with Gasteiger partial charge in [0.15, 0.2) is 5.82 Å². The molecule has 0 amide bonds. The first kappa shape index (κ1) is 18.0. The summed E-state index contributed by atoms with van der Waals surface area (Å²) in [4.78, 5) is 6.60. The summed E-state index contributed by atoms with van der Waals surface area (Å²) in [6.07, 6.45) is 4.23. The van der Waals surface area contributed by atoms with Gasteiger partial charge >= 0.3 is 0 Å². The predicted molar refractivity (Wildman–Crippen MR) is 91.7 cm³/mol. The highest BCUT2D eigenvalue weighted by molar-refractivity contribution is 5.10. The van der Waals surface area contributed by atoms with Crippen molar-refractivity contribution in [2.45, 2.75) is 65.1 Å². The first-order valence-electron chi connectivity index (χ1n) is 9.04. The van der Waals surface area contributed by atoms with Gasteiger partial charge in [-0.25, -0.2) is 4.68 Å². The van der Waals surface area contributed by atoms with Crippen molar-refractivity contribution in [1.29, 1.82) is 0 Å². The maximum atomic E-state index is 11.1. The fourth-order valence-corrected chi connectivity index (χ4v) is 3.20. The molecule has 1 atom stereocenters. The highest BCUT2D eigenvalue weighted by Gasteiger charge is 2.38. The van der Waals surface area contributed by atoms with Gasteiger partial charge in [-0.15, -0.1) is 5.10 Å². The van der Waals surface area contributed by atoms with E-state index in [1.807, 2.05) is 20.0 Å². The second-order valence-corrected chi connectivity index (χ2v) is 7.73. The third-order valence-corrected chi connectivity index (χ3v) is 4.53. The van der Waals surface area contributed by atoms with Crippen LogP contribution in [0.2, 0.25) is 0 Å². The fraction of sp³-hybridized carbons (Fsp3) is 0.765. The Morgan fingerprint density at radius 2 is 2.12 bits per heavy atom. The number of aliphatic hydroxyl groups is 1.